The first-order valence-corrected chi connectivity index (χ1v) is 14.6. The molecule has 3 heteroatoms. The van der Waals surface area contributed by atoms with Gasteiger partial charge < -0.3 is 9.84 Å². The highest BCUT2D eigenvalue weighted by atomic mass is 16.5. The van der Waals surface area contributed by atoms with Gasteiger partial charge in [0.15, 0.2) is 0 Å². The lowest BCUT2D eigenvalue weighted by Gasteiger charge is -2.34. The third-order valence-electron chi connectivity index (χ3n) is 8.49. The Bertz CT molecular complexity index is 1240. The zero-order chi connectivity index (χ0) is 28.8. The first-order chi connectivity index (χ1) is 18.4. The van der Waals surface area contributed by atoms with Gasteiger partial charge in [-0.05, 0) is 96.4 Å². The molecule has 0 aliphatic rings. The molecule has 3 rings (SSSR count). The quantitative estimate of drug-likeness (QED) is 0.254. The van der Waals surface area contributed by atoms with Gasteiger partial charge in [-0.2, -0.15) is 0 Å². The van der Waals surface area contributed by atoms with Gasteiger partial charge in [-0.1, -0.05) is 95.3 Å². The molecule has 39 heavy (non-hydrogen) atoms. The number of aliphatic hydroxyl groups excluding tert-OH is 1. The highest BCUT2D eigenvalue weighted by molar-refractivity contribution is 5.74. The van der Waals surface area contributed by atoms with Gasteiger partial charge in [0.05, 0.1) is 19.1 Å². The Kier molecular flexibility index (Phi) is 10.2. The van der Waals surface area contributed by atoms with Crippen LogP contribution in [0.25, 0.3) is 11.1 Å². The molecule has 0 spiro atoms. The lowest BCUT2D eigenvalue weighted by Crippen LogP contribution is -2.27. The Morgan fingerprint density at radius 3 is 1.95 bits per heavy atom. The number of benzene rings is 3. The Hall–Kier alpha value is -2.91. The number of carbonyl (C=O) groups excluding carboxylic acids is 1. The van der Waals surface area contributed by atoms with Crippen molar-refractivity contribution in [2.24, 2.45) is 5.41 Å². The second-order valence-electron chi connectivity index (χ2n) is 12.1. The first kappa shape index (κ1) is 30.6. The van der Waals surface area contributed by atoms with E-state index in [1.807, 2.05) is 19.1 Å². The normalized spacial score (nSPS) is 12.8. The fourth-order valence-electron chi connectivity index (χ4n) is 5.70. The van der Waals surface area contributed by atoms with Crippen molar-refractivity contribution in [2.45, 2.75) is 99.0 Å². The van der Waals surface area contributed by atoms with E-state index in [1.54, 1.807) is 0 Å². The minimum absolute atomic E-state index is 0.0546. The average molecular weight is 529 g/mol. The standard InChI is InChI=1S/C36H48O3/c1-9-36(10-2,30-18-16-28(25(4)22-30)17-21-33(37)35(6,7)8)31-19-20-32(26(5)23-31)29-14-12-27(13-15-29)24-34(38)39-11-3/h12-16,18-20,22-23,33,37H,9-11,17,21,24H2,1-8H3. The Morgan fingerprint density at radius 1 is 0.846 bits per heavy atom. The highest BCUT2D eigenvalue weighted by Crippen LogP contribution is 2.41. The molecule has 0 saturated heterocycles. The molecule has 3 nitrogen and oxygen atoms in total. The van der Waals surface area contributed by atoms with Crippen molar-refractivity contribution in [3.8, 4) is 11.1 Å². The molecular formula is C36H48O3. The number of hydrogen-bond acceptors (Lipinski definition) is 3. The zero-order valence-electron chi connectivity index (χ0n) is 25.4. The van der Waals surface area contributed by atoms with Crippen LogP contribution in [0.1, 0.15) is 94.2 Å². The first-order valence-electron chi connectivity index (χ1n) is 14.6. The molecule has 0 aliphatic carbocycles. The van der Waals surface area contributed by atoms with Crippen LogP contribution < -0.4 is 0 Å². The summed E-state index contributed by atoms with van der Waals surface area (Å²) in [6.45, 7) is 17.5. The van der Waals surface area contributed by atoms with Crippen molar-refractivity contribution < 1.29 is 14.6 Å². The number of esters is 1. The maximum atomic E-state index is 11.8. The topological polar surface area (TPSA) is 46.5 Å². The van der Waals surface area contributed by atoms with Crippen molar-refractivity contribution in [1.29, 1.82) is 0 Å². The zero-order valence-corrected chi connectivity index (χ0v) is 25.4. The number of rotatable bonds is 11. The lowest BCUT2D eigenvalue weighted by atomic mass is 9.69. The molecule has 1 unspecified atom stereocenters. The summed E-state index contributed by atoms with van der Waals surface area (Å²) in [4.78, 5) is 11.8. The van der Waals surface area contributed by atoms with E-state index in [2.05, 4.69) is 97.0 Å². The van der Waals surface area contributed by atoms with E-state index in [-0.39, 0.29) is 22.9 Å². The Balaban J connectivity index is 1.87. The minimum Gasteiger partial charge on any atom is -0.466 e. The van der Waals surface area contributed by atoms with E-state index in [0.717, 1.165) is 36.8 Å². The van der Waals surface area contributed by atoms with Gasteiger partial charge >= 0.3 is 5.97 Å². The number of ether oxygens (including phenoxy) is 1. The van der Waals surface area contributed by atoms with Crippen LogP contribution in [0.4, 0.5) is 0 Å². The van der Waals surface area contributed by atoms with Gasteiger partial charge in [0.1, 0.15) is 0 Å². The van der Waals surface area contributed by atoms with Crippen LogP contribution in [0.15, 0.2) is 60.7 Å². The largest absolute Gasteiger partial charge is 0.466 e. The molecule has 0 amide bonds. The summed E-state index contributed by atoms with van der Waals surface area (Å²) < 4.78 is 5.08. The summed E-state index contributed by atoms with van der Waals surface area (Å²) in [5.41, 5.74) is 9.77. The third-order valence-corrected chi connectivity index (χ3v) is 8.49. The summed E-state index contributed by atoms with van der Waals surface area (Å²) >= 11 is 0. The van der Waals surface area contributed by atoms with Gasteiger partial charge in [0.25, 0.3) is 0 Å². The van der Waals surface area contributed by atoms with E-state index in [0.29, 0.717) is 13.0 Å². The van der Waals surface area contributed by atoms with Crippen LogP contribution in [-0.2, 0) is 27.8 Å². The second-order valence-corrected chi connectivity index (χ2v) is 12.1. The fourth-order valence-corrected chi connectivity index (χ4v) is 5.70. The van der Waals surface area contributed by atoms with Crippen LogP contribution in [0.3, 0.4) is 0 Å². The van der Waals surface area contributed by atoms with Gasteiger partial charge in [-0.3, -0.25) is 4.79 Å². The van der Waals surface area contributed by atoms with Gasteiger partial charge in [-0.25, -0.2) is 0 Å². The fraction of sp³-hybridized carbons (Fsp3) is 0.472. The number of carbonyl (C=O) groups is 1. The van der Waals surface area contributed by atoms with Crippen LogP contribution in [0.2, 0.25) is 0 Å². The third kappa shape index (κ3) is 7.19. The summed E-state index contributed by atoms with van der Waals surface area (Å²) in [5.74, 6) is -0.188. The highest BCUT2D eigenvalue weighted by Gasteiger charge is 2.31. The SMILES string of the molecule is CCOC(=O)Cc1ccc(-c2ccc(C(CC)(CC)c3ccc(CCC(O)C(C)(C)C)c(C)c3)cc2C)cc1. The van der Waals surface area contributed by atoms with Gasteiger partial charge in [0, 0.05) is 5.41 Å². The summed E-state index contributed by atoms with van der Waals surface area (Å²) in [6.07, 6.45) is 3.70. The smallest absolute Gasteiger partial charge is 0.310 e. The summed E-state index contributed by atoms with van der Waals surface area (Å²) in [7, 11) is 0. The van der Waals surface area contributed by atoms with E-state index in [1.165, 1.54) is 33.4 Å². The van der Waals surface area contributed by atoms with Crippen LogP contribution in [0, 0.1) is 19.3 Å². The molecular weight excluding hydrogens is 480 g/mol. The van der Waals surface area contributed by atoms with E-state index >= 15 is 0 Å². The molecule has 0 aromatic heterocycles. The molecule has 0 aliphatic heterocycles. The Morgan fingerprint density at radius 2 is 1.44 bits per heavy atom. The molecule has 0 heterocycles. The monoisotopic (exact) mass is 528 g/mol. The number of aryl methyl sites for hydroxylation is 3. The van der Waals surface area contributed by atoms with Crippen molar-refractivity contribution >= 4 is 5.97 Å². The minimum atomic E-state index is -0.308. The van der Waals surface area contributed by atoms with Crippen molar-refractivity contribution in [3.05, 3.63) is 94.0 Å². The molecule has 0 saturated carbocycles. The van der Waals surface area contributed by atoms with Crippen molar-refractivity contribution in [2.75, 3.05) is 6.61 Å². The molecule has 210 valence electrons. The van der Waals surface area contributed by atoms with Crippen molar-refractivity contribution in [1.82, 2.24) is 0 Å². The molecule has 1 atom stereocenters. The number of hydrogen-bond donors (Lipinski definition) is 1. The predicted molar refractivity (Wildman–Crippen MR) is 163 cm³/mol. The van der Waals surface area contributed by atoms with Crippen molar-refractivity contribution in [3.63, 3.8) is 0 Å². The second kappa shape index (κ2) is 13.0. The van der Waals surface area contributed by atoms with Crippen LogP contribution in [0.5, 0.6) is 0 Å². The molecule has 0 fully saturated rings. The molecule has 1 N–H and O–H groups in total. The van der Waals surface area contributed by atoms with Gasteiger partial charge in [-0.15, -0.1) is 0 Å². The molecule has 3 aromatic rings. The van der Waals surface area contributed by atoms with E-state index in [9.17, 15) is 9.90 Å². The maximum absolute atomic E-state index is 11.8. The van der Waals surface area contributed by atoms with Crippen LogP contribution in [-0.4, -0.2) is 23.8 Å². The summed E-state index contributed by atoms with van der Waals surface area (Å²) in [5, 5.41) is 10.5. The summed E-state index contributed by atoms with van der Waals surface area (Å²) in [6, 6.07) is 22.1. The van der Waals surface area contributed by atoms with E-state index in [4.69, 9.17) is 4.74 Å². The van der Waals surface area contributed by atoms with Gasteiger partial charge in [0.2, 0.25) is 0 Å². The lowest BCUT2D eigenvalue weighted by molar-refractivity contribution is -0.142. The maximum Gasteiger partial charge on any atom is 0.310 e. The number of aliphatic hydroxyl groups is 1. The van der Waals surface area contributed by atoms with Crippen LogP contribution >= 0.6 is 0 Å². The predicted octanol–water partition coefficient (Wildman–Crippen LogP) is 8.52. The molecule has 0 bridgehead atoms. The molecule has 0 radical (unpaired) electrons. The van der Waals surface area contributed by atoms with E-state index < -0.39 is 0 Å². The Labute approximate surface area is 236 Å². The molecule has 3 aromatic carbocycles. The average Bonchev–Trinajstić information content (AvgIpc) is 2.89.